The smallest absolute Gasteiger partial charge is 0.228 e. The molecule has 1 aromatic heterocycles. The zero-order valence-electron chi connectivity index (χ0n) is 16.3. The molecule has 1 amide bonds. The third kappa shape index (κ3) is 3.84. The second-order valence-electron chi connectivity index (χ2n) is 8.16. The molecule has 3 aliphatic rings. The minimum atomic E-state index is -0.302. The zero-order chi connectivity index (χ0) is 19.8. The number of fused-ring (bicyclic) bond motifs is 1. The second kappa shape index (κ2) is 7.72. The third-order valence-electron chi connectivity index (χ3n) is 6.29. The normalized spacial score (nSPS) is 26.2. The van der Waals surface area contributed by atoms with E-state index in [2.05, 4.69) is 15.2 Å². The Morgan fingerprint density at radius 1 is 1.14 bits per heavy atom. The summed E-state index contributed by atoms with van der Waals surface area (Å²) in [5, 5.41) is 2.92. The van der Waals surface area contributed by atoms with Gasteiger partial charge in [-0.3, -0.25) is 14.7 Å². The fourth-order valence-corrected chi connectivity index (χ4v) is 4.75. The molecule has 0 radical (unpaired) electrons. The van der Waals surface area contributed by atoms with Crippen molar-refractivity contribution < 1.29 is 13.9 Å². The molecule has 1 saturated carbocycles. The SMILES string of the molecule is O=C(Nc1ccc(N2CCOCC2)c(F)c1)C1C2CN(Cc3ccncc3)CC21. The number of morpholine rings is 1. The van der Waals surface area contributed by atoms with Crippen molar-refractivity contribution >= 4 is 17.3 Å². The molecule has 7 heteroatoms. The van der Waals surface area contributed by atoms with Crippen LogP contribution >= 0.6 is 0 Å². The van der Waals surface area contributed by atoms with Gasteiger partial charge in [-0.25, -0.2) is 4.39 Å². The van der Waals surface area contributed by atoms with E-state index in [1.54, 1.807) is 12.1 Å². The fraction of sp³-hybridized carbons (Fsp3) is 0.455. The number of aromatic nitrogens is 1. The molecule has 3 fully saturated rings. The van der Waals surface area contributed by atoms with Crippen LogP contribution in [0.5, 0.6) is 0 Å². The van der Waals surface area contributed by atoms with Crippen LogP contribution in [0.15, 0.2) is 42.7 Å². The number of carbonyl (C=O) groups is 1. The minimum absolute atomic E-state index is 0.0158. The van der Waals surface area contributed by atoms with Gasteiger partial charge in [0.15, 0.2) is 0 Å². The number of hydrogen-bond donors (Lipinski definition) is 1. The van der Waals surface area contributed by atoms with Crippen molar-refractivity contribution in [2.24, 2.45) is 17.8 Å². The van der Waals surface area contributed by atoms with Crippen molar-refractivity contribution in [1.82, 2.24) is 9.88 Å². The lowest BCUT2D eigenvalue weighted by molar-refractivity contribution is -0.118. The van der Waals surface area contributed by atoms with E-state index in [9.17, 15) is 9.18 Å². The molecule has 0 bridgehead atoms. The molecule has 2 atom stereocenters. The molecular formula is C22H25FN4O2. The molecule has 0 spiro atoms. The number of likely N-dealkylation sites (tertiary alicyclic amines) is 1. The number of benzene rings is 1. The molecule has 2 saturated heterocycles. The number of hydrogen-bond acceptors (Lipinski definition) is 5. The topological polar surface area (TPSA) is 57.7 Å². The van der Waals surface area contributed by atoms with Crippen LogP contribution in [-0.4, -0.2) is 55.2 Å². The monoisotopic (exact) mass is 396 g/mol. The van der Waals surface area contributed by atoms with Gasteiger partial charge in [0.05, 0.1) is 18.9 Å². The summed E-state index contributed by atoms with van der Waals surface area (Å²) in [6.07, 6.45) is 3.62. The highest BCUT2D eigenvalue weighted by molar-refractivity contribution is 5.95. The molecular weight excluding hydrogens is 371 g/mol. The summed E-state index contributed by atoms with van der Waals surface area (Å²) in [6, 6.07) is 9.03. The summed E-state index contributed by atoms with van der Waals surface area (Å²) in [5.74, 6) is 0.584. The third-order valence-corrected chi connectivity index (χ3v) is 6.29. The molecule has 1 aliphatic carbocycles. The van der Waals surface area contributed by atoms with Crippen molar-refractivity contribution in [2.75, 3.05) is 49.6 Å². The summed E-state index contributed by atoms with van der Waals surface area (Å²) < 4.78 is 19.9. The maximum Gasteiger partial charge on any atom is 0.228 e. The van der Waals surface area contributed by atoms with E-state index in [0.717, 1.165) is 19.6 Å². The van der Waals surface area contributed by atoms with Gasteiger partial charge < -0.3 is 15.0 Å². The Kier molecular flexibility index (Phi) is 4.93. The summed E-state index contributed by atoms with van der Waals surface area (Å²) in [6.45, 7) is 5.37. The van der Waals surface area contributed by atoms with Gasteiger partial charge in [-0.2, -0.15) is 0 Å². The molecule has 2 aromatic rings. The van der Waals surface area contributed by atoms with Gasteiger partial charge in [0.25, 0.3) is 0 Å². The first-order valence-electron chi connectivity index (χ1n) is 10.2. The summed E-state index contributed by atoms with van der Waals surface area (Å²) in [4.78, 5) is 21.1. The van der Waals surface area contributed by atoms with E-state index in [4.69, 9.17) is 4.74 Å². The van der Waals surface area contributed by atoms with Gasteiger partial charge in [-0.05, 0) is 47.7 Å². The molecule has 152 valence electrons. The number of anilines is 2. The van der Waals surface area contributed by atoms with Crippen LogP contribution in [0.1, 0.15) is 5.56 Å². The maximum atomic E-state index is 14.5. The highest BCUT2D eigenvalue weighted by Gasteiger charge is 2.59. The van der Waals surface area contributed by atoms with E-state index in [0.29, 0.717) is 49.5 Å². The molecule has 1 aromatic carbocycles. The summed E-state index contributed by atoms with van der Waals surface area (Å²) in [5.41, 5.74) is 2.35. The van der Waals surface area contributed by atoms with Crippen LogP contribution in [0.4, 0.5) is 15.8 Å². The average Bonchev–Trinajstić information content (AvgIpc) is 3.25. The first kappa shape index (κ1) is 18.5. The molecule has 3 heterocycles. The number of nitrogens with zero attached hydrogens (tertiary/aromatic N) is 3. The van der Waals surface area contributed by atoms with Gasteiger partial charge in [0, 0.05) is 56.7 Å². The van der Waals surface area contributed by atoms with Gasteiger partial charge in [0.1, 0.15) is 5.82 Å². The molecule has 2 unspecified atom stereocenters. The molecule has 29 heavy (non-hydrogen) atoms. The number of pyridine rings is 1. The molecule has 5 rings (SSSR count). The number of nitrogens with one attached hydrogen (secondary N) is 1. The first-order valence-corrected chi connectivity index (χ1v) is 10.2. The van der Waals surface area contributed by atoms with E-state index >= 15 is 0 Å². The van der Waals surface area contributed by atoms with E-state index in [1.807, 2.05) is 29.4 Å². The zero-order valence-corrected chi connectivity index (χ0v) is 16.3. The number of carbonyl (C=O) groups excluding carboxylic acids is 1. The Labute approximate surface area is 169 Å². The van der Waals surface area contributed by atoms with Gasteiger partial charge in [-0.15, -0.1) is 0 Å². The Balaban J connectivity index is 1.15. The van der Waals surface area contributed by atoms with Crippen molar-refractivity contribution in [3.8, 4) is 0 Å². The highest BCUT2D eigenvalue weighted by atomic mass is 19.1. The maximum absolute atomic E-state index is 14.5. The number of halogens is 1. The average molecular weight is 396 g/mol. The van der Waals surface area contributed by atoms with Crippen molar-refractivity contribution in [3.63, 3.8) is 0 Å². The second-order valence-corrected chi connectivity index (χ2v) is 8.16. The van der Waals surface area contributed by atoms with Crippen molar-refractivity contribution in [2.45, 2.75) is 6.54 Å². The van der Waals surface area contributed by atoms with Crippen LogP contribution < -0.4 is 10.2 Å². The number of amides is 1. The van der Waals surface area contributed by atoms with E-state index in [1.165, 1.54) is 11.6 Å². The standard InChI is InChI=1S/C22H25FN4O2/c23-19-11-16(1-2-20(19)27-7-9-29-10-8-27)25-22(28)21-17-13-26(14-18(17)21)12-15-3-5-24-6-4-15/h1-6,11,17-18,21H,7-10,12-14H2,(H,25,28). The Hall–Kier alpha value is -2.51. The van der Waals surface area contributed by atoms with E-state index in [-0.39, 0.29) is 17.6 Å². The predicted molar refractivity (Wildman–Crippen MR) is 108 cm³/mol. The number of ether oxygens (including phenoxy) is 1. The largest absolute Gasteiger partial charge is 0.378 e. The number of piperidine rings is 1. The Bertz CT molecular complexity index is 876. The number of rotatable bonds is 5. The minimum Gasteiger partial charge on any atom is -0.378 e. The van der Waals surface area contributed by atoms with Crippen LogP contribution in [0.25, 0.3) is 0 Å². The fourth-order valence-electron chi connectivity index (χ4n) is 4.75. The quantitative estimate of drug-likeness (QED) is 0.841. The van der Waals surface area contributed by atoms with Gasteiger partial charge >= 0.3 is 0 Å². The Morgan fingerprint density at radius 2 is 1.86 bits per heavy atom. The predicted octanol–water partition coefficient (Wildman–Crippen LogP) is 2.37. The summed E-state index contributed by atoms with van der Waals surface area (Å²) >= 11 is 0. The van der Waals surface area contributed by atoms with E-state index < -0.39 is 0 Å². The van der Waals surface area contributed by atoms with Gasteiger partial charge in [-0.1, -0.05) is 0 Å². The van der Waals surface area contributed by atoms with Gasteiger partial charge in [0.2, 0.25) is 5.91 Å². The lowest BCUT2D eigenvalue weighted by Gasteiger charge is -2.29. The first-order chi connectivity index (χ1) is 14.2. The molecule has 2 aliphatic heterocycles. The highest BCUT2D eigenvalue weighted by Crippen LogP contribution is 2.52. The molecule has 1 N–H and O–H groups in total. The van der Waals surface area contributed by atoms with Crippen molar-refractivity contribution in [3.05, 3.63) is 54.1 Å². The molecule has 6 nitrogen and oxygen atoms in total. The lowest BCUT2D eigenvalue weighted by Crippen LogP contribution is -2.36. The van der Waals surface area contributed by atoms with Crippen LogP contribution in [-0.2, 0) is 16.1 Å². The van der Waals surface area contributed by atoms with Crippen LogP contribution in [0, 0.1) is 23.6 Å². The Morgan fingerprint density at radius 3 is 2.55 bits per heavy atom. The van der Waals surface area contributed by atoms with Crippen LogP contribution in [0.3, 0.4) is 0 Å². The lowest BCUT2D eigenvalue weighted by atomic mass is 10.2. The summed E-state index contributed by atoms with van der Waals surface area (Å²) in [7, 11) is 0. The van der Waals surface area contributed by atoms with Crippen molar-refractivity contribution in [1.29, 1.82) is 0 Å². The van der Waals surface area contributed by atoms with Crippen LogP contribution in [0.2, 0.25) is 0 Å².